The largest absolute Gasteiger partial charge is 0.370 e. The number of urea groups is 1. The fraction of sp³-hybridized carbons (Fsp3) is 0.708. The Labute approximate surface area is 186 Å². The summed E-state index contributed by atoms with van der Waals surface area (Å²) in [5, 5.41) is 10.2. The molecule has 2 amide bonds. The van der Waals surface area contributed by atoms with Crippen molar-refractivity contribution < 1.29 is 9.53 Å². The van der Waals surface area contributed by atoms with Gasteiger partial charge in [0.15, 0.2) is 0 Å². The van der Waals surface area contributed by atoms with Gasteiger partial charge in [-0.1, -0.05) is 13.8 Å². The van der Waals surface area contributed by atoms with Crippen molar-refractivity contribution >= 4 is 11.8 Å². The van der Waals surface area contributed by atoms with Crippen molar-refractivity contribution in [2.24, 2.45) is 5.92 Å². The molecule has 1 aromatic rings. The minimum Gasteiger partial charge on any atom is -0.370 e. The molecule has 3 aliphatic rings. The molecule has 1 atom stereocenters. The van der Waals surface area contributed by atoms with Gasteiger partial charge >= 0.3 is 6.03 Å². The van der Waals surface area contributed by atoms with E-state index in [1.807, 2.05) is 4.90 Å². The van der Waals surface area contributed by atoms with Crippen LogP contribution in [0, 0.1) is 17.2 Å². The second kappa shape index (κ2) is 7.98. The van der Waals surface area contributed by atoms with Crippen LogP contribution in [0.25, 0.3) is 0 Å². The number of carbonyl (C=O) groups excluding carboxylic acids is 1. The lowest BCUT2D eigenvalue weighted by Crippen LogP contribution is -2.59. The minimum absolute atomic E-state index is 0.0508. The van der Waals surface area contributed by atoms with Crippen molar-refractivity contribution in [3.63, 3.8) is 0 Å². The molecule has 31 heavy (non-hydrogen) atoms. The van der Waals surface area contributed by atoms with Crippen molar-refractivity contribution in [1.82, 2.24) is 14.8 Å². The molecule has 7 heteroatoms. The van der Waals surface area contributed by atoms with E-state index in [9.17, 15) is 10.1 Å². The van der Waals surface area contributed by atoms with Crippen LogP contribution in [0.3, 0.4) is 0 Å². The fourth-order valence-electron chi connectivity index (χ4n) is 4.89. The van der Waals surface area contributed by atoms with E-state index in [2.05, 4.69) is 38.7 Å². The third kappa shape index (κ3) is 4.10. The zero-order valence-corrected chi connectivity index (χ0v) is 19.7. The highest BCUT2D eigenvalue weighted by Crippen LogP contribution is 2.46. The lowest BCUT2D eigenvalue weighted by atomic mass is 9.87. The maximum Gasteiger partial charge on any atom is 0.319 e. The second-order valence-electron chi connectivity index (χ2n) is 10.4. The molecule has 2 aliphatic heterocycles. The smallest absolute Gasteiger partial charge is 0.319 e. The standard InChI is InChI=1S/C24H35N5O2/c1-15(2)20-13-28(9-10-29(20)23(30)27(5)6)22-18(12-25)17-11-24(3,4)31-14-19(17)21(26-22)16-7-8-16/h15-16,20H,7-11,13-14H2,1-6H3. The lowest BCUT2D eigenvalue weighted by Gasteiger charge is -2.45. The number of rotatable bonds is 3. The Morgan fingerprint density at radius 1 is 1.26 bits per heavy atom. The van der Waals surface area contributed by atoms with Gasteiger partial charge in [-0.15, -0.1) is 0 Å². The highest BCUT2D eigenvalue weighted by atomic mass is 16.5. The van der Waals surface area contributed by atoms with Gasteiger partial charge in [0.25, 0.3) is 0 Å². The summed E-state index contributed by atoms with van der Waals surface area (Å²) in [4.78, 5) is 23.7. The molecule has 1 saturated carbocycles. The first-order chi connectivity index (χ1) is 14.6. The van der Waals surface area contributed by atoms with Gasteiger partial charge in [-0.05, 0) is 38.2 Å². The molecule has 2 fully saturated rings. The molecule has 1 aromatic heterocycles. The average Bonchev–Trinajstić information content (AvgIpc) is 3.55. The SMILES string of the molecule is CC(C)C1CN(c2nc(C3CC3)c3c(c2C#N)CC(C)(C)OC3)CCN1C(=O)N(C)C. The van der Waals surface area contributed by atoms with Crippen LogP contribution in [0.1, 0.15) is 68.8 Å². The summed E-state index contributed by atoms with van der Waals surface area (Å²) in [6, 6.07) is 2.62. The van der Waals surface area contributed by atoms with Gasteiger partial charge in [-0.3, -0.25) is 0 Å². The van der Waals surface area contributed by atoms with Crippen LogP contribution in [0.2, 0.25) is 0 Å². The summed E-state index contributed by atoms with van der Waals surface area (Å²) in [6.45, 7) is 11.1. The number of aromatic nitrogens is 1. The fourth-order valence-corrected chi connectivity index (χ4v) is 4.89. The maximum atomic E-state index is 12.7. The zero-order chi connectivity index (χ0) is 22.5. The number of hydrogen-bond donors (Lipinski definition) is 0. The summed E-state index contributed by atoms with van der Waals surface area (Å²) in [6.07, 6.45) is 3.05. The highest BCUT2D eigenvalue weighted by Gasteiger charge is 2.39. The number of amides is 2. The van der Waals surface area contributed by atoms with Crippen LogP contribution in [0.4, 0.5) is 10.6 Å². The summed E-state index contributed by atoms with van der Waals surface area (Å²) < 4.78 is 6.09. The first kappa shape index (κ1) is 21.9. The van der Waals surface area contributed by atoms with Crippen LogP contribution < -0.4 is 4.90 Å². The summed E-state index contributed by atoms with van der Waals surface area (Å²) in [5.41, 5.74) is 3.82. The molecule has 0 radical (unpaired) electrons. The number of piperazine rings is 1. The number of pyridine rings is 1. The Hall–Kier alpha value is -2.33. The Kier molecular flexibility index (Phi) is 5.63. The maximum absolute atomic E-state index is 12.7. The van der Waals surface area contributed by atoms with Crippen LogP contribution in [0.5, 0.6) is 0 Å². The van der Waals surface area contributed by atoms with Crippen LogP contribution in [-0.2, 0) is 17.8 Å². The second-order valence-corrected chi connectivity index (χ2v) is 10.4. The predicted octanol–water partition coefficient (Wildman–Crippen LogP) is 3.51. The Bertz CT molecular complexity index is 914. The molecule has 7 nitrogen and oxygen atoms in total. The van der Waals surface area contributed by atoms with Gasteiger partial charge in [0.1, 0.15) is 11.9 Å². The molecule has 0 N–H and O–H groups in total. The first-order valence-electron chi connectivity index (χ1n) is 11.5. The van der Waals surface area contributed by atoms with Gasteiger partial charge in [0, 0.05) is 51.6 Å². The Morgan fingerprint density at radius 3 is 2.55 bits per heavy atom. The number of fused-ring (bicyclic) bond motifs is 1. The van der Waals surface area contributed by atoms with Crippen LogP contribution in [-0.4, -0.2) is 66.2 Å². The van der Waals surface area contributed by atoms with E-state index in [1.54, 1.807) is 19.0 Å². The van der Waals surface area contributed by atoms with Crippen molar-refractivity contribution in [2.45, 2.75) is 71.1 Å². The topological polar surface area (TPSA) is 72.7 Å². The lowest BCUT2D eigenvalue weighted by molar-refractivity contribution is -0.0407. The van der Waals surface area contributed by atoms with E-state index in [0.29, 0.717) is 43.6 Å². The van der Waals surface area contributed by atoms with Crippen molar-refractivity contribution in [1.29, 1.82) is 5.26 Å². The molecule has 0 spiro atoms. The molecule has 1 unspecified atom stereocenters. The zero-order valence-electron chi connectivity index (χ0n) is 19.7. The summed E-state index contributed by atoms with van der Waals surface area (Å²) in [7, 11) is 3.60. The number of hydrogen-bond acceptors (Lipinski definition) is 5. The number of ether oxygens (including phenoxy) is 1. The Balaban J connectivity index is 1.74. The Morgan fingerprint density at radius 2 is 1.97 bits per heavy atom. The molecule has 4 rings (SSSR count). The van der Waals surface area contributed by atoms with Gasteiger partial charge in [-0.25, -0.2) is 9.78 Å². The minimum atomic E-state index is -0.282. The molecule has 0 bridgehead atoms. The monoisotopic (exact) mass is 425 g/mol. The van der Waals surface area contributed by atoms with Crippen molar-refractivity contribution in [2.75, 3.05) is 38.6 Å². The van der Waals surface area contributed by atoms with Crippen molar-refractivity contribution in [3.05, 3.63) is 22.4 Å². The van der Waals surface area contributed by atoms with Crippen LogP contribution in [0.15, 0.2) is 0 Å². The molecule has 3 heterocycles. The van der Waals surface area contributed by atoms with E-state index in [1.165, 1.54) is 0 Å². The van der Waals surface area contributed by atoms with E-state index >= 15 is 0 Å². The molecular weight excluding hydrogens is 390 g/mol. The van der Waals surface area contributed by atoms with Gasteiger partial charge in [0.2, 0.25) is 0 Å². The highest BCUT2D eigenvalue weighted by molar-refractivity contribution is 5.75. The quantitative estimate of drug-likeness (QED) is 0.741. The van der Waals surface area contributed by atoms with E-state index in [-0.39, 0.29) is 17.7 Å². The normalized spacial score (nSPS) is 22.8. The van der Waals surface area contributed by atoms with Gasteiger partial charge in [0.05, 0.1) is 29.5 Å². The molecular formula is C24H35N5O2. The molecule has 0 aromatic carbocycles. The number of anilines is 1. The number of nitriles is 1. The van der Waals surface area contributed by atoms with Gasteiger partial charge in [-0.2, -0.15) is 5.26 Å². The predicted molar refractivity (Wildman–Crippen MR) is 120 cm³/mol. The average molecular weight is 426 g/mol. The molecule has 1 saturated heterocycles. The number of carbonyl (C=O) groups is 1. The molecule has 168 valence electrons. The van der Waals surface area contributed by atoms with E-state index < -0.39 is 0 Å². The molecule has 1 aliphatic carbocycles. The summed E-state index contributed by atoms with van der Waals surface area (Å²) in [5.74, 6) is 1.61. The van der Waals surface area contributed by atoms with E-state index in [0.717, 1.165) is 41.9 Å². The number of nitrogens with zero attached hydrogens (tertiary/aromatic N) is 5. The summed E-state index contributed by atoms with van der Waals surface area (Å²) >= 11 is 0. The van der Waals surface area contributed by atoms with Crippen molar-refractivity contribution in [3.8, 4) is 6.07 Å². The van der Waals surface area contributed by atoms with E-state index in [4.69, 9.17) is 9.72 Å². The third-order valence-corrected chi connectivity index (χ3v) is 6.83. The van der Waals surface area contributed by atoms with Crippen LogP contribution >= 0.6 is 0 Å². The van der Waals surface area contributed by atoms with Gasteiger partial charge < -0.3 is 19.4 Å². The first-order valence-corrected chi connectivity index (χ1v) is 11.5. The third-order valence-electron chi connectivity index (χ3n) is 6.83.